The van der Waals surface area contributed by atoms with Crippen LogP contribution in [0, 0.1) is 6.92 Å². The molecule has 0 fully saturated rings. The minimum atomic E-state index is -0.0415. The summed E-state index contributed by atoms with van der Waals surface area (Å²) < 4.78 is 0. The highest BCUT2D eigenvalue weighted by Gasteiger charge is 2.09. The Bertz CT molecular complexity index is 380. The second-order valence-electron chi connectivity index (χ2n) is 5.07. The molecule has 0 bridgehead atoms. The minimum absolute atomic E-state index is 0. The Morgan fingerprint density at radius 3 is 2.53 bits per heavy atom. The number of hydrogen-bond donors (Lipinski definition) is 2. The van der Waals surface area contributed by atoms with Gasteiger partial charge < -0.3 is 11.1 Å². The molecule has 0 heterocycles. The SMILES string of the molecule is Cc1cccc(CN=C(N)NC(C)(C)C)c1.I. The molecule has 0 atom stereocenters. The molecule has 1 rings (SSSR count). The van der Waals surface area contributed by atoms with Gasteiger partial charge in [-0.05, 0) is 33.3 Å². The molecule has 0 aliphatic carbocycles. The molecular weight excluding hydrogens is 325 g/mol. The number of halogens is 1. The first-order chi connectivity index (χ1) is 7.37. The van der Waals surface area contributed by atoms with E-state index in [2.05, 4.69) is 56.2 Å². The van der Waals surface area contributed by atoms with E-state index in [1.54, 1.807) is 0 Å². The lowest BCUT2D eigenvalue weighted by molar-refractivity contribution is 0.508. The maximum atomic E-state index is 5.78. The molecule has 0 aliphatic heterocycles. The van der Waals surface area contributed by atoms with Gasteiger partial charge in [0.2, 0.25) is 0 Å². The molecule has 0 spiro atoms. The van der Waals surface area contributed by atoms with Crippen molar-refractivity contribution < 1.29 is 0 Å². The van der Waals surface area contributed by atoms with Gasteiger partial charge in [0, 0.05) is 5.54 Å². The van der Waals surface area contributed by atoms with E-state index >= 15 is 0 Å². The minimum Gasteiger partial charge on any atom is -0.370 e. The van der Waals surface area contributed by atoms with Crippen LogP contribution >= 0.6 is 24.0 Å². The van der Waals surface area contributed by atoms with Gasteiger partial charge in [0.15, 0.2) is 5.96 Å². The number of nitrogens with zero attached hydrogens (tertiary/aromatic N) is 1. The zero-order chi connectivity index (χ0) is 12.2. The second-order valence-corrected chi connectivity index (χ2v) is 5.07. The average molecular weight is 347 g/mol. The molecule has 0 aromatic heterocycles. The Labute approximate surface area is 121 Å². The van der Waals surface area contributed by atoms with Crippen molar-refractivity contribution in [3.8, 4) is 0 Å². The molecule has 1 aromatic carbocycles. The number of nitrogens with two attached hydrogens (primary N) is 1. The topological polar surface area (TPSA) is 50.4 Å². The van der Waals surface area contributed by atoms with Gasteiger partial charge >= 0.3 is 0 Å². The van der Waals surface area contributed by atoms with Crippen molar-refractivity contribution in [2.75, 3.05) is 0 Å². The summed E-state index contributed by atoms with van der Waals surface area (Å²) in [4.78, 5) is 4.30. The Hall–Kier alpha value is -0.780. The van der Waals surface area contributed by atoms with Crippen LogP contribution in [0.4, 0.5) is 0 Å². The molecular formula is C13H22IN3. The molecule has 0 aliphatic rings. The van der Waals surface area contributed by atoms with Gasteiger partial charge in [0.1, 0.15) is 0 Å². The molecule has 4 heteroatoms. The summed E-state index contributed by atoms with van der Waals surface area (Å²) in [5.41, 5.74) is 8.17. The van der Waals surface area contributed by atoms with Gasteiger partial charge in [-0.1, -0.05) is 29.8 Å². The summed E-state index contributed by atoms with van der Waals surface area (Å²) in [7, 11) is 0. The smallest absolute Gasteiger partial charge is 0.189 e. The first-order valence-corrected chi connectivity index (χ1v) is 5.50. The Morgan fingerprint density at radius 1 is 1.35 bits per heavy atom. The molecule has 17 heavy (non-hydrogen) atoms. The van der Waals surface area contributed by atoms with E-state index in [4.69, 9.17) is 5.73 Å². The van der Waals surface area contributed by atoms with Crippen LogP contribution in [0.25, 0.3) is 0 Å². The van der Waals surface area contributed by atoms with Crippen LogP contribution in [-0.2, 0) is 6.54 Å². The van der Waals surface area contributed by atoms with Crippen LogP contribution in [0.15, 0.2) is 29.3 Å². The van der Waals surface area contributed by atoms with Crippen molar-refractivity contribution in [1.29, 1.82) is 0 Å². The van der Waals surface area contributed by atoms with Gasteiger partial charge in [0.05, 0.1) is 6.54 Å². The lowest BCUT2D eigenvalue weighted by Gasteiger charge is -2.20. The highest BCUT2D eigenvalue weighted by Crippen LogP contribution is 2.05. The third-order valence-electron chi connectivity index (χ3n) is 2.02. The summed E-state index contributed by atoms with van der Waals surface area (Å²) in [6, 6.07) is 8.28. The molecule has 0 saturated heterocycles. The number of hydrogen-bond acceptors (Lipinski definition) is 1. The number of benzene rings is 1. The van der Waals surface area contributed by atoms with E-state index in [1.165, 1.54) is 11.1 Å². The van der Waals surface area contributed by atoms with Crippen molar-refractivity contribution in [2.45, 2.75) is 39.8 Å². The van der Waals surface area contributed by atoms with E-state index in [1.807, 2.05) is 6.07 Å². The normalized spacial score (nSPS) is 11.9. The van der Waals surface area contributed by atoms with Crippen LogP contribution < -0.4 is 11.1 Å². The molecule has 3 nitrogen and oxygen atoms in total. The van der Waals surface area contributed by atoms with Crippen molar-refractivity contribution in [1.82, 2.24) is 5.32 Å². The van der Waals surface area contributed by atoms with E-state index < -0.39 is 0 Å². The predicted molar refractivity (Wildman–Crippen MR) is 84.8 cm³/mol. The number of guanidine groups is 1. The summed E-state index contributed by atoms with van der Waals surface area (Å²) in [5.74, 6) is 0.494. The summed E-state index contributed by atoms with van der Waals surface area (Å²) in [6.07, 6.45) is 0. The van der Waals surface area contributed by atoms with Gasteiger partial charge in [-0.25, -0.2) is 4.99 Å². The largest absolute Gasteiger partial charge is 0.370 e. The van der Waals surface area contributed by atoms with Crippen LogP contribution in [0.5, 0.6) is 0 Å². The van der Waals surface area contributed by atoms with Gasteiger partial charge in [-0.3, -0.25) is 0 Å². The van der Waals surface area contributed by atoms with E-state index in [-0.39, 0.29) is 29.5 Å². The first-order valence-electron chi connectivity index (χ1n) is 5.50. The highest BCUT2D eigenvalue weighted by atomic mass is 127. The lowest BCUT2D eigenvalue weighted by atomic mass is 10.1. The van der Waals surface area contributed by atoms with Crippen LogP contribution in [0.1, 0.15) is 31.9 Å². The molecule has 0 saturated carbocycles. The van der Waals surface area contributed by atoms with E-state index in [0.717, 1.165) is 0 Å². The zero-order valence-electron chi connectivity index (χ0n) is 10.9. The van der Waals surface area contributed by atoms with Gasteiger partial charge in [-0.15, -0.1) is 24.0 Å². The molecule has 1 aromatic rings. The molecule has 0 unspecified atom stereocenters. The quantitative estimate of drug-likeness (QED) is 0.491. The Morgan fingerprint density at radius 2 is 2.00 bits per heavy atom. The molecule has 0 radical (unpaired) electrons. The number of aryl methyl sites for hydroxylation is 1. The highest BCUT2D eigenvalue weighted by molar-refractivity contribution is 14.0. The fraction of sp³-hybridized carbons (Fsp3) is 0.462. The second kappa shape index (κ2) is 6.83. The monoisotopic (exact) mass is 347 g/mol. The van der Waals surface area contributed by atoms with Crippen LogP contribution in [0.3, 0.4) is 0 Å². The first kappa shape index (κ1) is 16.2. The maximum absolute atomic E-state index is 5.78. The fourth-order valence-electron chi connectivity index (χ4n) is 1.41. The van der Waals surface area contributed by atoms with Crippen LogP contribution in [-0.4, -0.2) is 11.5 Å². The third kappa shape index (κ3) is 7.20. The Balaban J connectivity index is 0.00000256. The van der Waals surface area contributed by atoms with Crippen molar-refractivity contribution in [2.24, 2.45) is 10.7 Å². The van der Waals surface area contributed by atoms with Crippen LogP contribution in [0.2, 0.25) is 0 Å². The van der Waals surface area contributed by atoms with E-state index in [9.17, 15) is 0 Å². The number of rotatable bonds is 2. The fourth-order valence-corrected chi connectivity index (χ4v) is 1.41. The lowest BCUT2D eigenvalue weighted by Crippen LogP contribution is -2.44. The maximum Gasteiger partial charge on any atom is 0.189 e. The predicted octanol–water partition coefficient (Wildman–Crippen LogP) is 2.82. The van der Waals surface area contributed by atoms with E-state index in [0.29, 0.717) is 12.5 Å². The van der Waals surface area contributed by atoms with Gasteiger partial charge in [0.25, 0.3) is 0 Å². The summed E-state index contributed by atoms with van der Waals surface area (Å²) in [5, 5.41) is 3.13. The standard InChI is InChI=1S/C13H21N3.HI/c1-10-6-5-7-11(8-10)9-15-12(14)16-13(2,3)4;/h5-8H,9H2,1-4H3,(H3,14,15,16);1H. The number of aliphatic imine (C=N–C) groups is 1. The van der Waals surface area contributed by atoms with Crippen molar-refractivity contribution in [3.63, 3.8) is 0 Å². The number of nitrogens with one attached hydrogen (secondary N) is 1. The zero-order valence-corrected chi connectivity index (χ0v) is 13.3. The summed E-state index contributed by atoms with van der Waals surface area (Å²) in [6.45, 7) is 8.87. The Kier molecular flexibility index (Phi) is 6.52. The van der Waals surface area contributed by atoms with Crippen molar-refractivity contribution >= 4 is 29.9 Å². The molecule has 96 valence electrons. The molecule has 0 amide bonds. The van der Waals surface area contributed by atoms with Crippen molar-refractivity contribution in [3.05, 3.63) is 35.4 Å². The summed E-state index contributed by atoms with van der Waals surface area (Å²) >= 11 is 0. The average Bonchev–Trinajstić information content (AvgIpc) is 2.12. The molecule has 3 N–H and O–H groups in total. The third-order valence-corrected chi connectivity index (χ3v) is 2.02. The van der Waals surface area contributed by atoms with Gasteiger partial charge in [-0.2, -0.15) is 0 Å².